The van der Waals surface area contributed by atoms with Gasteiger partial charge in [0.15, 0.2) is 0 Å². The van der Waals surface area contributed by atoms with Crippen molar-refractivity contribution >= 4 is 17.8 Å². The van der Waals surface area contributed by atoms with Gasteiger partial charge in [-0.3, -0.25) is 19.5 Å². The van der Waals surface area contributed by atoms with Gasteiger partial charge < -0.3 is 10.2 Å². The van der Waals surface area contributed by atoms with Gasteiger partial charge >= 0.3 is 6.03 Å². The van der Waals surface area contributed by atoms with Gasteiger partial charge in [-0.2, -0.15) is 0 Å². The van der Waals surface area contributed by atoms with Gasteiger partial charge in [0.25, 0.3) is 0 Å². The fourth-order valence-electron chi connectivity index (χ4n) is 4.16. The van der Waals surface area contributed by atoms with E-state index in [1.807, 2.05) is 23.2 Å². The van der Waals surface area contributed by atoms with Crippen molar-refractivity contribution in [2.45, 2.75) is 38.1 Å². The summed E-state index contributed by atoms with van der Waals surface area (Å²) in [6.07, 6.45) is 5.01. The number of hydrogen-bond donors (Lipinski definition) is 1. The van der Waals surface area contributed by atoms with E-state index >= 15 is 0 Å². The second-order valence-electron chi connectivity index (χ2n) is 7.95. The number of imide groups is 1. The molecule has 31 heavy (non-hydrogen) atoms. The third-order valence-corrected chi connectivity index (χ3v) is 5.79. The van der Waals surface area contributed by atoms with Crippen molar-refractivity contribution in [3.05, 3.63) is 65.2 Å². The summed E-state index contributed by atoms with van der Waals surface area (Å²) < 4.78 is 13.1. The second-order valence-corrected chi connectivity index (χ2v) is 7.95. The molecule has 3 heterocycles. The fourth-order valence-corrected chi connectivity index (χ4v) is 4.16. The molecule has 2 aromatic rings. The van der Waals surface area contributed by atoms with Gasteiger partial charge in [-0.05, 0) is 55.0 Å². The average molecular weight is 424 g/mol. The summed E-state index contributed by atoms with van der Waals surface area (Å²) in [5, 5.41) is 2.48. The minimum Gasteiger partial charge on any atom is -0.334 e. The molecule has 1 N–H and O–H groups in total. The predicted molar refractivity (Wildman–Crippen MR) is 111 cm³/mol. The van der Waals surface area contributed by atoms with E-state index < -0.39 is 0 Å². The molecule has 0 aliphatic carbocycles. The van der Waals surface area contributed by atoms with Crippen LogP contribution in [-0.4, -0.2) is 52.3 Å². The van der Waals surface area contributed by atoms with Crippen LogP contribution in [0.4, 0.5) is 9.18 Å². The van der Waals surface area contributed by atoms with Crippen LogP contribution >= 0.6 is 0 Å². The van der Waals surface area contributed by atoms with Crippen LogP contribution in [-0.2, 0) is 16.0 Å². The van der Waals surface area contributed by atoms with Gasteiger partial charge in [0.05, 0.1) is 18.3 Å². The first-order valence-electron chi connectivity index (χ1n) is 10.6. The molecule has 162 valence electrons. The van der Waals surface area contributed by atoms with Crippen LogP contribution in [0.1, 0.15) is 48.5 Å². The van der Waals surface area contributed by atoms with Gasteiger partial charge in [0.1, 0.15) is 5.82 Å². The Kier molecular flexibility index (Phi) is 6.25. The number of rotatable bonds is 7. The molecule has 2 aliphatic rings. The molecule has 4 amide bonds. The summed E-state index contributed by atoms with van der Waals surface area (Å²) in [6.45, 7) is 0.973. The summed E-state index contributed by atoms with van der Waals surface area (Å²) in [6, 6.07) is 9.95. The monoisotopic (exact) mass is 424 g/mol. The predicted octanol–water partition coefficient (Wildman–Crippen LogP) is 2.81. The Hall–Kier alpha value is -3.29. The molecule has 8 heteroatoms. The molecule has 0 unspecified atom stereocenters. The van der Waals surface area contributed by atoms with E-state index in [2.05, 4.69) is 10.3 Å². The third kappa shape index (κ3) is 4.90. The number of benzene rings is 1. The number of halogens is 1. The minimum atomic E-state index is -0.388. The number of amides is 4. The highest BCUT2D eigenvalue weighted by Crippen LogP contribution is 2.31. The van der Waals surface area contributed by atoms with Crippen molar-refractivity contribution in [1.82, 2.24) is 20.1 Å². The molecule has 2 aliphatic heterocycles. The molecule has 4 rings (SSSR count). The molecule has 0 bridgehead atoms. The number of carbonyl (C=O) groups is 3. The summed E-state index contributed by atoms with van der Waals surface area (Å²) in [5.74, 6) is -0.480. The topological polar surface area (TPSA) is 82.6 Å². The van der Waals surface area contributed by atoms with Crippen LogP contribution in [0.3, 0.4) is 0 Å². The van der Waals surface area contributed by atoms with Crippen molar-refractivity contribution in [3.8, 4) is 0 Å². The van der Waals surface area contributed by atoms with Crippen LogP contribution in [0.2, 0.25) is 0 Å². The van der Waals surface area contributed by atoms with Crippen molar-refractivity contribution in [2.75, 3.05) is 19.6 Å². The molecule has 1 aromatic heterocycles. The SMILES string of the molecule is O=C1CNC(=O)N1CCCC(=O)N1CCC[C@@H]1c1ccc(Cc2ccc(F)cc2)cn1. The molecule has 1 aromatic carbocycles. The maximum atomic E-state index is 13.1. The summed E-state index contributed by atoms with van der Waals surface area (Å²) in [5.41, 5.74) is 2.90. The Morgan fingerprint density at radius 1 is 1.13 bits per heavy atom. The third-order valence-electron chi connectivity index (χ3n) is 5.79. The highest BCUT2D eigenvalue weighted by molar-refractivity contribution is 6.01. The van der Waals surface area contributed by atoms with Crippen LogP contribution in [0.25, 0.3) is 0 Å². The maximum absolute atomic E-state index is 13.1. The number of likely N-dealkylation sites (tertiary alicyclic amines) is 1. The number of nitrogens with zero attached hydrogens (tertiary/aromatic N) is 3. The number of urea groups is 1. The molecule has 2 fully saturated rings. The summed E-state index contributed by atoms with van der Waals surface area (Å²) in [4.78, 5) is 43.6. The molecule has 1 atom stereocenters. The highest BCUT2D eigenvalue weighted by Gasteiger charge is 2.32. The molecular formula is C23H25FN4O3. The Bertz CT molecular complexity index is 946. The number of nitrogens with one attached hydrogen (secondary N) is 1. The maximum Gasteiger partial charge on any atom is 0.324 e. The zero-order valence-electron chi connectivity index (χ0n) is 17.2. The standard InChI is InChI=1S/C23H25FN4O3/c24-18-8-5-16(6-9-18)13-17-7-10-19(25-14-17)20-3-1-11-27(20)21(29)4-2-12-28-22(30)15-26-23(28)31/h5-10,14,20H,1-4,11-13,15H2,(H,26,31)/t20-/m1/s1. The van der Waals surface area contributed by atoms with Gasteiger partial charge in [0, 0.05) is 25.7 Å². The van der Waals surface area contributed by atoms with E-state index in [0.717, 1.165) is 34.6 Å². The number of aromatic nitrogens is 1. The second kappa shape index (κ2) is 9.24. The Morgan fingerprint density at radius 2 is 1.90 bits per heavy atom. The van der Waals surface area contributed by atoms with Crippen LogP contribution in [0, 0.1) is 5.82 Å². The van der Waals surface area contributed by atoms with E-state index in [1.165, 1.54) is 12.1 Å². The largest absolute Gasteiger partial charge is 0.334 e. The fraction of sp³-hybridized carbons (Fsp3) is 0.391. The lowest BCUT2D eigenvalue weighted by Crippen LogP contribution is -2.34. The van der Waals surface area contributed by atoms with Gasteiger partial charge in [-0.1, -0.05) is 18.2 Å². The Labute approximate surface area is 180 Å². The van der Waals surface area contributed by atoms with Crippen LogP contribution in [0.15, 0.2) is 42.6 Å². The molecular weight excluding hydrogens is 399 g/mol. The van der Waals surface area contributed by atoms with Crippen LogP contribution in [0.5, 0.6) is 0 Å². The summed E-state index contributed by atoms with van der Waals surface area (Å²) in [7, 11) is 0. The minimum absolute atomic E-state index is 0.0201. The Morgan fingerprint density at radius 3 is 2.58 bits per heavy atom. The van der Waals surface area contributed by atoms with E-state index in [1.54, 1.807) is 12.1 Å². The van der Waals surface area contributed by atoms with E-state index in [0.29, 0.717) is 19.4 Å². The zero-order chi connectivity index (χ0) is 21.8. The van der Waals surface area contributed by atoms with E-state index in [4.69, 9.17) is 0 Å². The number of hydrogen-bond acceptors (Lipinski definition) is 4. The van der Waals surface area contributed by atoms with E-state index in [-0.39, 0.29) is 49.2 Å². The van der Waals surface area contributed by atoms with Crippen molar-refractivity contribution in [1.29, 1.82) is 0 Å². The first kappa shape index (κ1) is 21.0. The van der Waals surface area contributed by atoms with Crippen molar-refractivity contribution < 1.29 is 18.8 Å². The molecule has 7 nitrogen and oxygen atoms in total. The number of pyridine rings is 1. The number of carbonyl (C=O) groups excluding carboxylic acids is 3. The Balaban J connectivity index is 1.33. The molecule has 0 saturated carbocycles. The molecule has 0 radical (unpaired) electrons. The molecule has 0 spiro atoms. The quantitative estimate of drug-likeness (QED) is 0.693. The summed E-state index contributed by atoms with van der Waals surface area (Å²) >= 11 is 0. The van der Waals surface area contributed by atoms with Gasteiger partial charge in [-0.25, -0.2) is 9.18 Å². The smallest absolute Gasteiger partial charge is 0.324 e. The first-order chi connectivity index (χ1) is 15.0. The highest BCUT2D eigenvalue weighted by atomic mass is 19.1. The normalized spacial score (nSPS) is 18.5. The lowest BCUT2D eigenvalue weighted by Gasteiger charge is -2.25. The van der Waals surface area contributed by atoms with Crippen molar-refractivity contribution in [2.24, 2.45) is 0 Å². The van der Waals surface area contributed by atoms with Crippen molar-refractivity contribution in [3.63, 3.8) is 0 Å². The van der Waals surface area contributed by atoms with Gasteiger partial charge in [0.2, 0.25) is 11.8 Å². The lowest BCUT2D eigenvalue weighted by atomic mass is 10.0. The van der Waals surface area contributed by atoms with Gasteiger partial charge in [-0.15, -0.1) is 0 Å². The van der Waals surface area contributed by atoms with E-state index in [9.17, 15) is 18.8 Å². The average Bonchev–Trinajstić information content (AvgIpc) is 3.38. The lowest BCUT2D eigenvalue weighted by molar-refractivity contribution is -0.133. The molecule has 2 saturated heterocycles. The zero-order valence-corrected chi connectivity index (χ0v) is 17.2. The van der Waals surface area contributed by atoms with Crippen LogP contribution < -0.4 is 5.32 Å². The first-order valence-corrected chi connectivity index (χ1v) is 10.6.